The van der Waals surface area contributed by atoms with Crippen LogP contribution in [-0.4, -0.2) is 44.3 Å². The van der Waals surface area contributed by atoms with Gasteiger partial charge in [0.1, 0.15) is 5.69 Å². The first-order chi connectivity index (χ1) is 15.5. The van der Waals surface area contributed by atoms with Gasteiger partial charge in [-0.2, -0.15) is 0 Å². The minimum Gasteiger partial charge on any atom is -0.336 e. The summed E-state index contributed by atoms with van der Waals surface area (Å²) in [4.78, 5) is 47.4. The Labute approximate surface area is 184 Å². The Kier molecular flexibility index (Phi) is 5.05. The number of nitrogens with one attached hydrogen (secondary N) is 1. The molecule has 162 valence electrons. The standard InChI is InChI=1S/C24H23N5O3/c1-15(30)27-19-4-2-17(3-5-19)20-6-7-22-18-10-16(13-29(22)23(20)31)12-28(14-18)24(32)21-11-25-8-9-26-21/h2-9,11,16,18H,10,12-14H2,1H3,(H,27,30). The number of carbonyl (C=O) groups is 2. The molecule has 2 unspecified atom stereocenters. The second-order valence-corrected chi connectivity index (χ2v) is 8.45. The highest BCUT2D eigenvalue weighted by atomic mass is 16.2. The number of benzene rings is 1. The summed E-state index contributed by atoms with van der Waals surface area (Å²) in [5.74, 6) is 0.0911. The number of likely N-dealkylation sites (tertiary alicyclic amines) is 1. The van der Waals surface area contributed by atoms with Crippen LogP contribution in [0.3, 0.4) is 0 Å². The summed E-state index contributed by atoms with van der Waals surface area (Å²) in [6, 6.07) is 11.2. The van der Waals surface area contributed by atoms with E-state index in [-0.39, 0.29) is 29.2 Å². The van der Waals surface area contributed by atoms with E-state index in [2.05, 4.69) is 15.3 Å². The molecule has 32 heavy (non-hydrogen) atoms. The van der Waals surface area contributed by atoms with Crippen molar-refractivity contribution in [3.63, 3.8) is 0 Å². The molecule has 2 aliphatic heterocycles. The first kappa shape index (κ1) is 20.1. The number of piperidine rings is 1. The summed E-state index contributed by atoms with van der Waals surface area (Å²) in [6.45, 7) is 3.22. The van der Waals surface area contributed by atoms with Crippen LogP contribution in [0.2, 0.25) is 0 Å². The zero-order valence-electron chi connectivity index (χ0n) is 17.7. The van der Waals surface area contributed by atoms with E-state index < -0.39 is 0 Å². The van der Waals surface area contributed by atoms with Crippen LogP contribution < -0.4 is 10.9 Å². The van der Waals surface area contributed by atoms with E-state index in [9.17, 15) is 14.4 Å². The van der Waals surface area contributed by atoms with Crippen LogP contribution in [0.4, 0.5) is 5.69 Å². The van der Waals surface area contributed by atoms with Crippen molar-refractivity contribution in [1.82, 2.24) is 19.4 Å². The van der Waals surface area contributed by atoms with Crippen LogP contribution in [0.1, 0.15) is 35.4 Å². The molecule has 2 amide bonds. The molecular formula is C24H23N5O3. The number of aromatic nitrogens is 3. The van der Waals surface area contributed by atoms with E-state index in [4.69, 9.17) is 0 Å². The number of fused-ring (bicyclic) bond motifs is 4. The molecule has 2 bridgehead atoms. The van der Waals surface area contributed by atoms with Crippen molar-refractivity contribution in [2.45, 2.75) is 25.8 Å². The molecule has 1 N–H and O–H groups in total. The molecule has 1 aromatic carbocycles. The van der Waals surface area contributed by atoms with Crippen LogP contribution in [0.25, 0.3) is 11.1 Å². The molecule has 0 saturated carbocycles. The summed E-state index contributed by atoms with van der Waals surface area (Å²) >= 11 is 0. The molecule has 0 aliphatic carbocycles. The monoisotopic (exact) mass is 429 g/mol. The average Bonchev–Trinajstić information content (AvgIpc) is 2.80. The van der Waals surface area contributed by atoms with Crippen LogP contribution >= 0.6 is 0 Å². The predicted molar refractivity (Wildman–Crippen MR) is 119 cm³/mol. The minimum absolute atomic E-state index is 0.0156. The maximum Gasteiger partial charge on any atom is 0.274 e. The van der Waals surface area contributed by atoms with Gasteiger partial charge in [0.25, 0.3) is 11.5 Å². The topological polar surface area (TPSA) is 97.2 Å². The van der Waals surface area contributed by atoms with E-state index in [0.717, 1.165) is 17.7 Å². The van der Waals surface area contributed by atoms with E-state index in [1.54, 1.807) is 18.3 Å². The molecule has 2 atom stereocenters. The lowest BCUT2D eigenvalue weighted by Gasteiger charge is -2.42. The third-order valence-electron chi connectivity index (χ3n) is 6.19. The molecular weight excluding hydrogens is 406 g/mol. The fourth-order valence-electron chi connectivity index (χ4n) is 4.84. The Morgan fingerprint density at radius 2 is 1.84 bits per heavy atom. The summed E-state index contributed by atoms with van der Waals surface area (Å²) in [5, 5.41) is 2.74. The van der Waals surface area contributed by atoms with Crippen molar-refractivity contribution in [1.29, 1.82) is 0 Å². The Morgan fingerprint density at radius 3 is 2.56 bits per heavy atom. The molecule has 3 aromatic rings. The Morgan fingerprint density at radius 1 is 1.03 bits per heavy atom. The van der Waals surface area contributed by atoms with Gasteiger partial charge in [-0.05, 0) is 42.2 Å². The molecule has 0 spiro atoms. The Bertz CT molecular complexity index is 1240. The minimum atomic E-state index is -0.134. The van der Waals surface area contributed by atoms with Gasteiger partial charge >= 0.3 is 0 Å². The van der Waals surface area contributed by atoms with Gasteiger partial charge in [0.15, 0.2) is 0 Å². The smallest absolute Gasteiger partial charge is 0.274 e. The highest BCUT2D eigenvalue weighted by Gasteiger charge is 2.37. The zero-order valence-corrected chi connectivity index (χ0v) is 17.7. The quantitative estimate of drug-likeness (QED) is 0.690. The van der Waals surface area contributed by atoms with Gasteiger partial charge in [0, 0.05) is 61.8 Å². The van der Waals surface area contributed by atoms with Crippen molar-refractivity contribution in [2.75, 3.05) is 18.4 Å². The first-order valence-corrected chi connectivity index (χ1v) is 10.7. The molecule has 1 fully saturated rings. The summed E-state index contributed by atoms with van der Waals surface area (Å²) < 4.78 is 1.88. The maximum atomic E-state index is 13.3. The Balaban J connectivity index is 1.42. The van der Waals surface area contributed by atoms with Crippen molar-refractivity contribution in [2.24, 2.45) is 5.92 Å². The van der Waals surface area contributed by atoms with Gasteiger partial charge in [-0.3, -0.25) is 19.4 Å². The number of amides is 2. The Hall–Kier alpha value is -3.81. The van der Waals surface area contributed by atoms with Gasteiger partial charge in [0.2, 0.25) is 5.91 Å². The number of nitrogens with zero attached hydrogens (tertiary/aromatic N) is 4. The maximum absolute atomic E-state index is 13.3. The summed E-state index contributed by atoms with van der Waals surface area (Å²) in [6.07, 6.45) is 5.54. The SMILES string of the molecule is CC(=O)Nc1ccc(-c2ccc3n(c2=O)CC2CC3CN(C(=O)c3cnccn3)C2)cc1. The van der Waals surface area contributed by atoms with Gasteiger partial charge in [-0.15, -0.1) is 0 Å². The van der Waals surface area contributed by atoms with Crippen LogP contribution in [0.15, 0.2) is 59.8 Å². The molecule has 2 aromatic heterocycles. The zero-order chi connectivity index (χ0) is 22.2. The largest absolute Gasteiger partial charge is 0.336 e. The molecule has 4 heterocycles. The van der Waals surface area contributed by atoms with Gasteiger partial charge in [-0.25, -0.2) is 4.98 Å². The van der Waals surface area contributed by atoms with Crippen LogP contribution in [-0.2, 0) is 11.3 Å². The fraction of sp³-hybridized carbons (Fsp3) is 0.292. The van der Waals surface area contributed by atoms with Crippen molar-refractivity contribution in [3.05, 3.63) is 76.7 Å². The molecule has 0 radical (unpaired) electrons. The first-order valence-electron chi connectivity index (χ1n) is 10.7. The number of pyridine rings is 1. The van der Waals surface area contributed by atoms with E-state index in [1.807, 2.05) is 33.7 Å². The normalized spacial score (nSPS) is 19.2. The molecule has 8 nitrogen and oxygen atoms in total. The molecule has 1 saturated heterocycles. The number of hydrogen-bond donors (Lipinski definition) is 1. The third kappa shape index (κ3) is 3.68. The van der Waals surface area contributed by atoms with Gasteiger partial charge in [-0.1, -0.05) is 12.1 Å². The van der Waals surface area contributed by atoms with Crippen LogP contribution in [0, 0.1) is 5.92 Å². The van der Waals surface area contributed by atoms with Crippen molar-refractivity contribution < 1.29 is 9.59 Å². The predicted octanol–water partition coefficient (Wildman–Crippen LogP) is 2.52. The average molecular weight is 429 g/mol. The highest BCUT2D eigenvalue weighted by molar-refractivity contribution is 5.92. The van der Waals surface area contributed by atoms with E-state index in [0.29, 0.717) is 36.6 Å². The highest BCUT2D eigenvalue weighted by Crippen LogP contribution is 2.36. The number of carbonyl (C=O) groups excluding carboxylic acids is 2. The van der Waals surface area contributed by atoms with Gasteiger partial charge < -0.3 is 14.8 Å². The van der Waals surface area contributed by atoms with Gasteiger partial charge in [0.05, 0.1) is 6.20 Å². The second-order valence-electron chi connectivity index (χ2n) is 8.45. The number of anilines is 1. The third-order valence-corrected chi connectivity index (χ3v) is 6.19. The van der Waals surface area contributed by atoms with Crippen molar-refractivity contribution in [3.8, 4) is 11.1 Å². The molecule has 2 aliphatic rings. The molecule has 8 heteroatoms. The van der Waals surface area contributed by atoms with E-state index >= 15 is 0 Å². The summed E-state index contributed by atoms with van der Waals surface area (Å²) in [7, 11) is 0. The van der Waals surface area contributed by atoms with Crippen LogP contribution in [0.5, 0.6) is 0 Å². The number of hydrogen-bond acceptors (Lipinski definition) is 5. The van der Waals surface area contributed by atoms with Crippen molar-refractivity contribution >= 4 is 17.5 Å². The lowest BCUT2D eigenvalue weighted by molar-refractivity contribution is -0.114. The number of rotatable bonds is 3. The second kappa shape index (κ2) is 8.03. The fourth-order valence-corrected chi connectivity index (χ4v) is 4.84. The molecule has 5 rings (SSSR count). The van der Waals surface area contributed by atoms with E-state index in [1.165, 1.54) is 19.3 Å². The lowest BCUT2D eigenvalue weighted by Crippen LogP contribution is -2.49. The summed E-state index contributed by atoms with van der Waals surface area (Å²) in [5.41, 5.74) is 3.45. The lowest BCUT2D eigenvalue weighted by atomic mass is 9.82.